The normalized spacial score (nSPS) is 12.3. The van der Waals surface area contributed by atoms with Crippen LogP contribution in [0.15, 0.2) is 53.4 Å². The lowest BCUT2D eigenvalue weighted by Crippen LogP contribution is -2.20. The monoisotopic (exact) mass is 434 g/mol. The van der Waals surface area contributed by atoms with Gasteiger partial charge in [0.05, 0.1) is 17.7 Å². The van der Waals surface area contributed by atoms with Crippen molar-refractivity contribution in [3.8, 4) is 5.75 Å². The van der Waals surface area contributed by atoms with Crippen LogP contribution in [0.25, 0.3) is 0 Å². The number of halogens is 4. The van der Waals surface area contributed by atoms with E-state index in [0.29, 0.717) is 12.2 Å². The number of thioether (sulfide) groups is 1. The van der Waals surface area contributed by atoms with E-state index in [1.165, 1.54) is 23.9 Å². The van der Waals surface area contributed by atoms with E-state index in [0.717, 1.165) is 22.7 Å². The first-order valence-electron chi connectivity index (χ1n) is 8.11. The Balaban J connectivity index is 1.77. The highest BCUT2D eigenvalue weighted by Gasteiger charge is 2.30. The lowest BCUT2D eigenvalue weighted by atomic mass is 10.3. The number of nitrogens with one attached hydrogen (secondary N) is 2. The number of carbonyl (C=O) groups is 1. The largest absolute Gasteiger partial charge is 0.573 e. The highest BCUT2D eigenvalue weighted by molar-refractivity contribution is 8.00. The van der Waals surface area contributed by atoms with Crippen molar-refractivity contribution in [1.82, 2.24) is 0 Å². The molecule has 5 nitrogen and oxygen atoms in total. The molecule has 1 atom stereocenters. The fourth-order valence-corrected chi connectivity index (χ4v) is 2.85. The quantitative estimate of drug-likeness (QED) is 0.405. The number of anilines is 2. The van der Waals surface area contributed by atoms with Crippen molar-refractivity contribution in [1.29, 1.82) is 0 Å². The molecular weight excluding hydrogens is 417 g/mol. The van der Waals surface area contributed by atoms with Gasteiger partial charge in [-0.2, -0.15) is 0 Å². The van der Waals surface area contributed by atoms with Crippen LogP contribution in [0.5, 0.6) is 5.75 Å². The van der Waals surface area contributed by atoms with Crippen LogP contribution in [0.1, 0.15) is 0 Å². The molecule has 0 fully saturated rings. The number of benzene rings is 2. The first kappa shape index (κ1) is 22.2. The number of rotatable bonds is 9. The van der Waals surface area contributed by atoms with Crippen LogP contribution < -0.4 is 15.4 Å². The van der Waals surface area contributed by atoms with Crippen LogP contribution in [0, 0.1) is 0 Å². The van der Waals surface area contributed by atoms with Gasteiger partial charge >= 0.3 is 6.36 Å². The van der Waals surface area contributed by atoms with Gasteiger partial charge in [-0.15, -0.1) is 36.5 Å². The highest BCUT2D eigenvalue weighted by atomic mass is 35.5. The van der Waals surface area contributed by atoms with E-state index in [-0.39, 0.29) is 23.3 Å². The first-order chi connectivity index (χ1) is 13.2. The van der Waals surface area contributed by atoms with Gasteiger partial charge in [0.2, 0.25) is 5.91 Å². The molecule has 0 saturated carbocycles. The molecule has 3 N–H and O–H groups in total. The van der Waals surface area contributed by atoms with Gasteiger partial charge in [0.25, 0.3) is 0 Å². The second-order valence-corrected chi connectivity index (χ2v) is 6.98. The Hall–Kier alpha value is -2.10. The summed E-state index contributed by atoms with van der Waals surface area (Å²) >= 11 is 6.84. The molecule has 0 aliphatic carbocycles. The molecule has 0 aliphatic rings. The molecule has 28 heavy (non-hydrogen) atoms. The van der Waals surface area contributed by atoms with E-state index in [2.05, 4.69) is 15.4 Å². The van der Waals surface area contributed by atoms with Crippen molar-refractivity contribution in [2.45, 2.75) is 17.4 Å². The summed E-state index contributed by atoms with van der Waals surface area (Å²) < 4.78 is 40.1. The van der Waals surface area contributed by atoms with E-state index in [9.17, 15) is 23.1 Å². The Morgan fingerprint density at radius 3 is 2.29 bits per heavy atom. The van der Waals surface area contributed by atoms with Crippen molar-refractivity contribution < 1.29 is 27.8 Å². The number of aliphatic hydroxyl groups excluding tert-OH is 1. The molecule has 0 spiro atoms. The molecule has 0 aliphatic heterocycles. The zero-order valence-corrected chi connectivity index (χ0v) is 16.1. The van der Waals surface area contributed by atoms with Crippen LogP contribution >= 0.6 is 23.4 Å². The minimum atomic E-state index is -4.75. The van der Waals surface area contributed by atoms with E-state index < -0.39 is 12.5 Å². The SMILES string of the molecule is O=C(CSc1ccc(NCC(O)CCl)cc1)Nc1ccc(OC(F)(F)F)cc1. The Kier molecular flexibility index (Phi) is 8.28. The van der Waals surface area contributed by atoms with Gasteiger partial charge < -0.3 is 20.5 Å². The minimum absolute atomic E-state index is 0.137. The Bertz CT molecular complexity index is 758. The second kappa shape index (κ2) is 10.4. The molecule has 0 bridgehead atoms. The fraction of sp³-hybridized carbons (Fsp3) is 0.278. The maximum absolute atomic E-state index is 12.1. The summed E-state index contributed by atoms with van der Waals surface area (Å²) in [5.74, 6) is -0.360. The maximum Gasteiger partial charge on any atom is 0.573 e. The number of aliphatic hydroxyl groups is 1. The van der Waals surface area contributed by atoms with Crippen molar-refractivity contribution in [3.05, 3.63) is 48.5 Å². The smallest absolute Gasteiger partial charge is 0.406 e. The van der Waals surface area contributed by atoms with E-state index in [4.69, 9.17) is 11.6 Å². The third-order valence-corrected chi connectivity index (χ3v) is 4.68. The van der Waals surface area contributed by atoms with Crippen molar-refractivity contribution >= 4 is 40.6 Å². The maximum atomic E-state index is 12.1. The summed E-state index contributed by atoms with van der Waals surface area (Å²) in [5, 5.41) is 15.0. The molecule has 1 amide bonds. The summed E-state index contributed by atoms with van der Waals surface area (Å²) in [6, 6.07) is 12.2. The van der Waals surface area contributed by atoms with Gasteiger partial charge in [-0.25, -0.2) is 0 Å². The Morgan fingerprint density at radius 2 is 1.71 bits per heavy atom. The van der Waals surface area contributed by atoms with E-state index >= 15 is 0 Å². The zero-order valence-electron chi connectivity index (χ0n) is 14.5. The molecule has 0 aromatic heterocycles. The minimum Gasteiger partial charge on any atom is -0.406 e. The average molecular weight is 435 g/mol. The molecular formula is C18H18ClF3N2O3S. The van der Waals surface area contributed by atoms with Gasteiger partial charge in [0.1, 0.15) is 5.75 Å². The number of alkyl halides is 4. The van der Waals surface area contributed by atoms with Crippen LogP contribution in [-0.2, 0) is 4.79 Å². The molecule has 0 radical (unpaired) electrons. The van der Waals surface area contributed by atoms with Crippen LogP contribution in [0.4, 0.5) is 24.5 Å². The predicted octanol–water partition coefficient (Wildman–Crippen LogP) is 4.33. The topological polar surface area (TPSA) is 70.6 Å². The van der Waals surface area contributed by atoms with Crippen molar-refractivity contribution in [3.63, 3.8) is 0 Å². The predicted molar refractivity (Wildman–Crippen MR) is 104 cm³/mol. The Labute approximate surface area is 169 Å². The van der Waals surface area contributed by atoms with Crippen LogP contribution in [0.3, 0.4) is 0 Å². The number of amides is 1. The van der Waals surface area contributed by atoms with Gasteiger partial charge in [-0.1, -0.05) is 0 Å². The summed E-state index contributed by atoms with van der Waals surface area (Å²) in [6.07, 6.45) is -5.38. The molecule has 0 heterocycles. The van der Waals surface area contributed by atoms with Crippen LogP contribution in [-0.4, -0.2) is 41.7 Å². The number of hydrogen-bond acceptors (Lipinski definition) is 5. The molecule has 0 saturated heterocycles. The zero-order chi connectivity index (χ0) is 20.6. The van der Waals surface area contributed by atoms with Gasteiger partial charge in [-0.3, -0.25) is 4.79 Å². The summed E-state index contributed by atoms with van der Waals surface area (Å²) in [4.78, 5) is 12.8. The molecule has 2 rings (SSSR count). The summed E-state index contributed by atoms with van der Waals surface area (Å²) in [5.41, 5.74) is 1.19. The van der Waals surface area contributed by atoms with Gasteiger partial charge in [-0.05, 0) is 48.5 Å². The number of carbonyl (C=O) groups excluding carboxylic acids is 1. The number of hydrogen-bond donors (Lipinski definition) is 3. The third-order valence-electron chi connectivity index (χ3n) is 3.32. The molecule has 10 heteroatoms. The molecule has 2 aromatic rings. The fourth-order valence-electron chi connectivity index (χ4n) is 2.05. The van der Waals surface area contributed by atoms with E-state index in [1.807, 2.05) is 24.3 Å². The lowest BCUT2D eigenvalue weighted by molar-refractivity contribution is -0.274. The Morgan fingerprint density at radius 1 is 1.11 bits per heavy atom. The summed E-state index contributed by atoms with van der Waals surface area (Å²) in [7, 11) is 0. The standard InChI is InChI=1S/C18H18ClF3N2O3S/c19-9-14(25)10-23-12-3-7-16(8-4-12)28-11-17(26)24-13-1-5-15(6-2-13)27-18(20,21)22/h1-8,14,23,25H,9-11H2,(H,24,26). The van der Waals surface area contributed by atoms with E-state index in [1.54, 1.807) is 0 Å². The summed E-state index contributed by atoms with van der Waals surface area (Å²) in [6.45, 7) is 0.338. The third kappa shape index (κ3) is 8.28. The second-order valence-electron chi connectivity index (χ2n) is 5.62. The molecule has 1 unspecified atom stereocenters. The first-order valence-corrected chi connectivity index (χ1v) is 9.63. The van der Waals surface area contributed by atoms with Crippen LogP contribution in [0.2, 0.25) is 0 Å². The number of ether oxygens (including phenoxy) is 1. The van der Waals surface area contributed by atoms with Crippen molar-refractivity contribution in [2.24, 2.45) is 0 Å². The van der Waals surface area contributed by atoms with Crippen molar-refractivity contribution in [2.75, 3.05) is 28.8 Å². The molecule has 152 valence electrons. The van der Waals surface area contributed by atoms with Gasteiger partial charge in [0.15, 0.2) is 0 Å². The average Bonchev–Trinajstić information content (AvgIpc) is 2.65. The van der Waals surface area contributed by atoms with Gasteiger partial charge in [0, 0.05) is 22.8 Å². The highest BCUT2D eigenvalue weighted by Crippen LogP contribution is 2.24. The lowest BCUT2D eigenvalue weighted by Gasteiger charge is -2.11. The molecule has 2 aromatic carbocycles.